The molecule has 1 aromatic rings. The lowest BCUT2D eigenvalue weighted by atomic mass is 9.79. The molecule has 1 aliphatic rings. The van der Waals surface area contributed by atoms with Crippen LogP contribution in [0.2, 0.25) is 0 Å². The average molecular weight is 294 g/mol. The van der Waals surface area contributed by atoms with Crippen LogP contribution < -0.4 is 4.90 Å². The molecule has 1 aliphatic heterocycles. The summed E-state index contributed by atoms with van der Waals surface area (Å²) >= 11 is 5.73. The van der Waals surface area contributed by atoms with Crippen LogP contribution in [0.5, 0.6) is 0 Å². The summed E-state index contributed by atoms with van der Waals surface area (Å²) < 4.78 is 0. The molecule has 2 rings (SSSR count). The number of hydrogen-bond acceptors (Lipinski definition) is 1. The molecular weight excluding hydrogens is 270 g/mol. The first kappa shape index (κ1) is 15.4. The molecule has 0 saturated carbocycles. The Morgan fingerprint density at radius 2 is 2.15 bits per heavy atom. The lowest BCUT2D eigenvalue weighted by molar-refractivity contribution is -0.119. The Hall–Kier alpha value is -1.02. The Balaban J connectivity index is 2.43. The van der Waals surface area contributed by atoms with Crippen molar-refractivity contribution in [3.63, 3.8) is 0 Å². The average Bonchev–Trinajstić information content (AvgIpc) is 2.36. The van der Waals surface area contributed by atoms with Crippen LogP contribution >= 0.6 is 11.6 Å². The highest BCUT2D eigenvalue weighted by molar-refractivity contribution is 6.18. The fraction of sp³-hybridized carbons (Fsp3) is 0.588. The van der Waals surface area contributed by atoms with Crippen molar-refractivity contribution in [2.75, 3.05) is 10.8 Å². The van der Waals surface area contributed by atoms with Gasteiger partial charge in [-0.1, -0.05) is 24.6 Å². The number of fused-ring (bicyclic) bond motifs is 1. The van der Waals surface area contributed by atoms with Crippen molar-refractivity contribution in [3.8, 4) is 0 Å². The largest absolute Gasteiger partial charge is 0.307 e. The van der Waals surface area contributed by atoms with Gasteiger partial charge < -0.3 is 4.90 Å². The predicted octanol–water partition coefficient (Wildman–Crippen LogP) is 4.63. The highest BCUT2D eigenvalue weighted by atomic mass is 35.5. The van der Waals surface area contributed by atoms with Crippen LogP contribution in [0.25, 0.3) is 0 Å². The van der Waals surface area contributed by atoms with E-state index in [0.29, 0.717) is 18.2 Å². The van der Waals surface area contributed by atoms with E-state index in [-0.39, 0.29) is 11.4 Å². The molecule has 0 radical (unpaired) electrons. The van der Waals surface area contributed by atoms with E-state index in [0.717, 1.165) is 18.5 Å². The third-order valence-electron chi connectivity index (χ3n) is 4.14. The number of amides is 1. The van der Waals surface area contributed by atoms with Gasteiger partial charge in [0.05, 0.1) is 0 Å². The number of carbonyl (C=O) groups is 1. The van der Waals surface area contributed by atoms with Gasteiger partial charge in [0.25, 0.3) is 0 Å². The van der Waals surface area contributed by atoms with Gasteiger partial charge in [0.2, 0.25) is 5.91 Å². The molecule has 1 amide bonds. The molecule has 0 bridgehead atoms. The second kappa shape index (κ2) is 5.77. The summed E-state index contributed by atoms with van der Waals surface area (Å²) in [6, 6.07) is 6.41. The molecule has 0 spiro atoms. The van der Waals surface area contributed by atoms with Crippen LogP contribution in [0.1, 0.15) is 57.1 Å². The Bertz CT molecular complexity index is 510. The van der Waals surface area contributed by atoms with Crippen LogP contribution in [0.15, 0.2) is 18.2 Å². The number of benzene rings is 1. The van der Waals surface area contributed by atoms with Crippen molar-refractivity contribution in [1.29, 1.82) is 0 Å². The molecule has 1 atom stereocenters. The molecule has 0 fully saturated rings. The second-order valence-electron chi connectivity index (χ2n) is 6.50. The summed E-state index contributed by atoms with van der Waals surface area (Å²) in [5, 5.41) is 0. The molecule has 0 saturated heterocycles. The van der Waals surface area contributed by atoms with Crippen molar-refractivity contribution in [3.05, 3.63) is 29.3 Å². The van der Waals surface area contributed by atoms with Gasteiger partial charge >= 0.3 is 0 Å². The zero-order valence-corrected chi connectivity index (χ0v) is 13.6. The third kappa shape index (κ3) is 2.85. The topological polar surface area (TPSA) is 20.3 Å². The molecule has 2 nitrogen and oxygen atoms in total. The van der Waals surface area contributed by atoms with E-state index in [2.05, 4.69) is 45.9 Å². The highest BCUT2D eigenvalue weighted by Gasteiger charge is 2.39. The SMILES string of the molecule is Cc1ccc2c(c1)C(C)CC(C)(C)N2C(=O)CCCCl. The first-order valence-electron chi connectivity index (χ1n) is 7.36. The van der Waals surface area contributed by atoms with Crippen molar-refractivity contribution in [2.45, 2.75) is 58.4 Å². The fourth-order valence-electron chi connectivity index (χ4n) is 3.35. The lowest BCUT2D eigenvalue weighted by Crippen LogP contribution is -2.51. The summed E-state index contributed by atoms with van der Waals surface area (Å²) in [4.78, 5) is 14.6. The van der Waals surface area contributed by atoms with Crippen LogP contribution in [-0.4, -0.2) is 17.3 Å². The molecule has 3 heteroatoms. The molecule has 20 heavy (non-hydrogen) atoms. The van der Waals surface area contributed by atoms with E-state index >= 15 is 0 Å². The zero-order valence-electron chi connectivity index (χ0n) is 12.9. The normalized spacial score (nSPS) is 20.6. The number of carbonyl (C=O) groups excluding carboxylic acids is 1. The minimum absolute atomic E-state index is 0.134. The van der Waals surface area contributed by atoms with Crippen molar-refractivity contribution in [1.82, 2.24) is 0 Å². The minimum Gasteiger partial charge on any atom is -0.307 e. The molecular formula is C17H24ClNO. The molecule has 0 N–H and O–H groups in total. The number of hydrogen-bond donors (Lipinski definition) is 0. The molecule has 1 unspecified atom stereocenters. The maximum atomic E-state index is 12.6. The molecule has 0 aromatic heterocycles. The number of halogens is 1. The van der Waals surface area contributed by atoms with Crippen molar-refractivity contribution in [2.24, 2.45) is 0 Å². The summed E-state index contributed by atoms with van der Waals surface area (Å²) in [5.41, 5.74) is 3.50. The van der Waals surface area contributed by atoms with Gasteiger partial charge in [-0.3, -0.25) is 4.79 Å². The Morgan fingerprint density at radius 3 is 2.80 bits per heavy atom. The van der Waals surface area contributed by atoms with Gasteiger partial charge in [0.1, 0.15) is 0 Å². The van der Waals surface area contributed by atoms with Gasteiger partial charge in [0.15, 0.2) is 0 Å². The summed E-state index contributed by atoms with van der Waals surface area (Å²) in [7, 11) is 0. The van der Waals surface area contributed by atoms with Crippen LogP contribution in [0.4, 0.5) is 5.69 Å². The number of anilines is 1. The maximum absolute atomic E-state index is 12.6. The summed E-state index contributed by atoms with van der Waals surface area (Å²) in [5.74, 6) is 1.21. The second-order valence-corrected chi connectivity index (χ2v) is 6.88. The first-order valence-corrected chi connectivity index (χ1v) is 7.90. The summed E-state index contributed by atoms with van der Waals surface area (Å²) in [6.45, 7) is 8.67. The van der Waals surface area contributed by atoms with Gasteiger partial charge in [0, 0.05) is 23.5 Å². The summed E-state index contributed by atoms with van der Waals surface area (Å²) in [6.07, 6.45) is 2.26. The highest BCUT2D eigenvalue weighted by Crippen LogP contribution is 2.43. The Kier molecular flexibility index (Phi) is 4.43. The van der Waals surface area contributed by atoms with E-state index < -0.39 is 0 Å². The molecule has 1 aromatic carbocycles. The van der Waals surface area contributed by atoms with E-state index in [4.69, 9.17) is 11.6 Å². The van der Waals surface area contributed by atoms with Gasteiger partial charge in [-0.05, 0) is 51.2 Å². The maximum Gasteiger partial charge on any atom is 0.227 e. The lowest BCUT2D eigenvalue weighted by Gasteiger charge is -2.46. The molecule has 0 aliphatic carbocycles. The smallest absolute Gasteiger partial charge is 0.227 e. The van der Waals surface area contributed by atoms with Crippen LogP contribution in [-0.2, 0) is 4.79 Å². The fourth-order valence-corrected chi connectivity index (χ4v) is 3.48. The van der Waals surface area contributed by atoms with Crippen LogP contribution in [0.3, 0.4) is 0 Å². The van der Waals surface area contributed by atoms with E-state index in [1.807, 2.05) is 4.90 Å². The van der Waals surface area contributed by atoms with Crippen molar-refractivity contribution >= 4 is 23.2 Å². The van der Waals surface area contributed by atoms with Gasteiger partial charge in [-0.2, -0.15) is 0 Å². The van der Waals surface area contributed by atoms with Crippen molar-refractivity contribution < 1.29 is 4.79 Å². The van der Waals surface area contributed by atoms with E-state index in [1.54, 1.807) is 0 Å². The monoisotopic (exact) mass is 293 g/mol. The predicted molar refractivity (Wildman–Crippen MR) is 85.7 cm³/mol. The number of rotatable bonds is 3. The van der Waals surface area contributed by atoms with Crippen LogP contribution in [0, 0.1) is 6.92 Å². The molecule has 1 heterocycles. The Morgan fingerprint density at radius 1 is 1.45 bits per heavy atom. The zero-order chi connectivity index (χ0) is 14.9. The Labute approximate surface area is 127 Å². The van der Waals surface area contributed by atoms with Gasteiger partial charge in [-0.15, -0.1) is 11.6 Å². The van der Waals surface area contributed by atoms with E-state index in [9.17, 15) is 4.79 Å². The number of aryl methyl sites for hydroxylation is 1. The molecule has 110 valence electrons. The standard InChI is InChI=1S/C17H24ClNO/c1-12-7-8-15-14(10-12)13(2)11-17(3,4)19(15)16(20)6-5-9-18/h7-8,10,13H,5-6,9,11H2,1-4H3. The van der Waals surface area contributed by atoms with Gasteiger partial charge in [-0.25, -0.2) is 0 Å². The number of alkyl halides is 1. The first-order chi connectivity index (χ1) is 9.36. The quantitative estimate of drug-likeness (QED) is 0.744. The van der Waals surface area contributed by atoms with E-state index in [1.165, 1.54) is 11.1 Å². The number of nitrogens with zero attached hydrogens (tertiary/aromatic N) is 1. The third-order valence-corrected chi connectivity index (χ3v) is 4.41. The minimum atomic E-state index is -0.134.